The van der Waals surface area contributed by atoms with Gasteiger partial charge in [0.15, 0.2) is 0 Å². The summed E-state index contributed by atoms with van der Waals surface area (Å²) in [7, 11) is 0. The van der Waals surface area contributed by atoms with Gasteiger partial charge in [0.05, 0.1) is 5.92 Å². The Balaban J connectivity index is 1.78. The lowest BCUT2D eigenvalue weighted by Gasteiger charge is -2.35. The van der Waals surface area contributed by atoms with Gasteiger partial charge in [0.2, 0.25) is 11.8 Å². The minimum atomic E-state index is -0.226. The number of likely N-dealkylation sites (tertiary alicyclic amines) is 1. The van der Waals surface area contributed by atoms with Crippen LogP contribution in [0.4, 0.5) is 0 Å². The Morgan fingerprint density at radius 2 is 1.94 bits per heavy atom. The zero-order valence-corrected chi connectivity index (χ0v) is 10.9. The van der Waals surface area contributed by atoms with E-state index >= 15 is 0 Å². The molecule has 2 rings (SSSR count). The van der Waals surface area contributed by atoms with Gasteiger partial charge in [-0.15, -0.1) is 0 Å². The monoisotopic (exact) mass is 253 g/mol. The smallest absolute Gasteiger partial charge is 0.226 e. The van der Waals surface area contributed by atoms with Crippen molar-refractivity contribution in [3.05, 3.63) is 0 Å². The quantitative estimate of drug-likeness (QED) is 0.749. The molecule has 1 atom stereocenters. The van der Waals surface area contributed by atoms with Gasteiger partial charge in [-0.1, -0.05) is 0 Å². The molecular weight excluding hydrogens is 230 g/mol. The third kappa shape index (κ3) is 3.45. The van der Waals surface area contributed by atoms with Gasteiger partial charge in [-0.2, -0.15) is 0 Å². The van der Waals surface area contributed by atoms with Crippen LogP contribution in [0.1, 0.15) is 32.1 Å². The third-order valence-electron chi connectivity index (χ3n) is 4.06. The number of carbonyl (C=O) groups is 2. The molecule has 0 aromatic heterocycles. The van der Waals surface area contributed by atoms with Gasteiger partial charge >= 0.3 is 0 Å². The summed E-state index contributed by atoms with van der Waals surface area (Å²) < 4.78 is 0. The second-order valence-electron chi connectivity index (χ2n) is 5.48. The molecule has 5 nitrogen and oxygen atoms in total. The fourth-order valence-electron chi connectivity index (χ4n) is 2.96. The Bertz CT molecular complexity index is 305. The van der Waals surface area contributed by atoms with E-state index in [1.54, 1.807) is 0 Å². The number of piperidine rings is 2. The number of hydrogen-bond acceptors (Lipinski definition) is 3. The number of amides is 2. The summed E-state index contributed by atoms with van der Waals surface area (Å²) in [6.45, 7) is 3.42. The van der Waals surface area contributed by atoms with Crippen LogP contribution < -0.4 is 11.1 Å². The van der Waals surface area contributed by atoms with Crippen molar-refractivity contribution < 1.29 is 9.59 Å². The summed E-state index contributed by atoms with van der Waals surface area (Å²) in [4.78, 5) is 25.1. The van der Waals surface area contributed by atoms with E-state index in [1.807, 2.05) is 4.90 Å². The highest BCUT2D eigenvalue weighted by molar-refractivity contribution is 5.79. The van der Waals surface area contributed by atoms with Crippen LogP contribution in [0.15, 0.2) is 0 Å². The van der Waals surface area contributed by atoms with Gasteiger partial charge in [0, 0.05) is 26.1 Å². The van der Waals surface area contributed by atoms with Crippen LogP contribution in [0.2, 0.25) is 0 Å². The van der Waals surface area contributed by atoms with Crippen molar-refractivity contribution in [2.24, 2.45) is 17.6 Å². The molecule has 0 aromatic rings. The van der Waals surface area contributed by atoms with Crippen LogP contribution in [0.25, 0.3) is 0 Å². The van der Waals surface area contributed by atoms with Crippen molar-refractivity contribution in [1.29, 1.82) is 0 Å². The van der Waals surface area contributed by atoms with Crippen molar-refractivity contribution in [2.45, 2.75) is 32.1 Å². The predicted octanol–water partition coefficient (Wildman–Crippen LogP) is 0.1000. The first-order chi connectivity index (χ1) is 8.66. The first-order valence-electron chi connectivity index (χ1n) is 6.94. The molecule has 0 unspecified atom stereocenters. The average Bonchev–Trinajstić information content (AvgIpc) is 2.39. The number of hydrogen-bond donors (Lipinski definition) is 2. The maximum atomic E-state index is 12.3. The molecule has 2 aliphatic heterocycles. The van der Waals surface area contributed by atoms with E-state index in [-0.39, 0.29) is 11.8 Å². The lowest BCUT2D eigenvalue weighted by Crippen LogP contribution is -2.46. The second-order valence-corrected chi connectivity index (χ2v) is 5.48. The fourth-order valence-corrected chi connectivity index (χ4v) is 2.96. The predicted molar refractivity (Wildman–Crippen MR) is 68.7 cm³/mol. The molecule has 2 amide bonds. The lowest BCUT2D eigenvalue weighted by atomic mass is 9.91. The summed E-state index contributed by atoms with van der Waals surface area (Å²) in [6, 6.07) is 0. The minimum absolute atomic E-state index is 0.159. The topological polar surface area (TPSA) is 75.4 Å². The number of rotatable bonds is 3. The molecule has 0 bridgehead atoms. The molecule has 2 aliphatic rings. The summed E-state index contributed by atoms with van der Waals surface area (Å²) in [5.41, 5.74) is 5.21. The van der Waals surface area contributed by atoms with Gasteiger partial charge in [0.1, 0.15) is 0 Å². The Kier molecular flexibility index (Phi) is 4.58. The molecule has 0 radical (unpaired) electrons. The van der Waals surface area contributed by atoms with Crippen molar-refractivity contribution in [1.82, 2.24) is 10.2 Å². The average molecular weight is 253 g/mol. The normalized spacial score (nSPS) is 26.0. The molecule has 102 valence electrons. The zero-order valence-electron chi connectivity index (χ0n) is 10.9. The van der Waals surface area contributed by atoms with E-state index in [0.29, 0.717) is 18.2 Å². The summed E-state index contributed by atoms with van der Waals surface area (Å²) >= 11 is 0. The largest absolute Gasteiger partial charge is 0.370 e. The zero-order chi connectivity index (χ0) is 13.0. The maximum absolute atomic E-state index is 12.3. The van der Waals surface area contributed by atoms with E-state index in [2.05, 4.69) is 5.32 Å². The Hall–Kier alpha value is -1.10. The summed E-state index contributed by atoms with van der Waals surface area (Å²) in [5.74, 6) is 0.596. The maximum Gasteiger partial charge on any atom is 0.226 e. The highest BCUT2D eigenvalue weighted by atomic mass is 16.2. The second kappa shape index (κ2) is 6.18. The standard InChI is InChI=1S/C13H23N3O2/c14-12(17)8-10-3-6-16(7-4-10)13(18)11-2-1-5-15-9-11/h10-11,15H,1-9H2,(H2,14,17)/t11-/m0/s1. The molecule has 2 fully saturated rings. The Morgan fingerprint density at radius 1 is 1.22 bits per heavy atom. The molecule has 5 heteroatoms. The van der Waals surface area contributed by atoms with Gasteiger partial charge in [0.25, 0.3) is 0 Å². The van der Waals surface area contributed by atoms with Crippen LogP contribution in [0.5, 0.6) is 0 Å². The fraction of sp³-hybridized carbons (Fsp3) is 0.846. The van der Waals surface area contributed by atoms with Crippen LogP contribution in [0, 0.1) is 11.8 Å². The number of nitrogens with two attached hydrogens (primary N) is 1. The number of nitrogens with zero attached hydrogens (tertiary/aromatic N) is 1. The third-order valence-corrected chi connectivity index (χ3v) is 4.06. The minimum Gasteiger partial charge on any atom is -0.370 e. The summed E-state index contributed by atoms with van der Waals surface area (Å²) in [5, 5.41) is 3.28. The Labute approximate surface area is 108 Å². The van der Waals surface area contributed by atoms with Crippen LogP contribution >= 0.6 is 0 Å². The van der Waals surface area contributed by atoms with Gasteiger partial charge in [-0.05, 0) is 38.1 Å². The van der Waals surface area contributed by atoms with Crippen molar-refractivity contribution >= 4 is 11.8 Å². The highest BCUT2D eigenvalue weighted by Crippen LogP contribution is 2.22. The first-order valence-corrected chi connectivity index (χ1v) is 6.94. The van der Waals surface area contributed by atoms with Crippen molar-refractivity contribution in [2.75, 3.05) is 26.2 Å². The first kappa shape index (κ1) is 13.3. The van der Waals surface area contributed by atoms with E-state index in [0.717, 1.165) is 51.9 Å². The number of nitrogens with one attached hydrogen (secondary N) is 1. The number of carbonyl (C=O) groups excluding carboxylic acids is 2. The highest BCUT2D eigenvalue weighted by Gasteiger charge is 2.29. The Morgan fingerprint density at radius 3 is 2.50 bits per heavy atom. The van der Waals surface area contributed by atoms with E-state index in [4.69, 9.17) is 5.73 Å². The molecular formula is C13H23N3O2. The number of primary amides is 1. The lowest BCUT2D eigenvalue weighted by molar-refractivity contribution is -0.137. The molecule has 0 saturated carbocycles. The molecule has 2 saturated heterocycles. The van der Waals surface area contributed by atoms with E-state index in [9.17, 15) is 9.59 Å². The van der Waals surface area contributed by atoms with Gasteiger partial charge < -0.3 is 16.0 Å². The van der Waals surface area contributed by atoms with Crippen molar-refractivity contribution in [3.63, 3.8) is 0 Å². The van der Waals surface area contributed by atoms with E-state index in [1.165, 1.54) is 0 Å². The molecule has 0 spiro atoms. The molecule has 0 aliphatic carbocycles. The van der Waals surface area contributed by atoms with Crippen LogP contribution in [-0.4, -0.2) is 42.9 Å². The van der Waals surface area contributed by atoms with Crippen molar-refractivity contribution in [3.8, 4) is 0 Å². The SMILES string of the molecule is NC(=O)CC1CCN(C(=O)[C@H]2CCCNC2)CC1. The molecule has 0 aromatic carbocycles. The molecule has 18 heavy (non-hydrogen) atoms. The molecule has 3 N–H and O–H groups in total. The van der Waals surface area contributed by atoms with Gasteiger partial charge in [-0.25, -0.2) is 0 Å². The van der Waals surface area contributed by atoms with Gasteiger partial charge in [-0.3, -0.25) is 9.59 Å². The summed E-state index contributed by atoms with van der Waals surface area (Å²) in [6.07, 6.45) is 4.39. The van der Waals surface area contributed by atoms with E-state index < -0.39 is 0 Å². The molecule has 2 heterocycles. The van der Waals surface area contributed by atoms with Crippen LogP contribution in [-0.2, 0) is 9.59 Å². The van der Waals surface area contributed by atoms with Crippen LogP contribution in [0.3, 0.4) is 0 Å².